The molecule has 2 aromatic rings. The van der Waals surface area contributed by atoms with Crippen molar-refractivity contribution in [1.82, 2.24) is 19.6 Å². The van der Waals surface area contributed by atoms with Crippen molar-refractivity contribution < 1.29 is 0 Å². The summed E-state index contributed by atoms with van der Waals surface area (Å²) in [6.07, 6.45) is 6.20. The molecule has 0 unspecified atom stereocenters. The lowest BCUT2D eigenvalue weighted by atomic mass is 10.4. The molecule has 0 saturated carbocycles. The normalized spacial score (nSPS) is 10.8. The highest BCUT2D eigenvalue weighted by molar-refractivity contribution is 6.32. The predicted octanol–water partition coefficient (Wildman–Crippen LogP) is 1.92. The first-order valence-electron chi connectivity index (χ1n) is 6.60. The van der Waals surface area contributed by atoms with E-state index in [0.717, 1.165) is 12.0 Å². The average molecular weight is 296 g/mol. The molecule has 20 heavy (non-hydrogen) atoms. The molecule has 0 bridgehead atoms. The molecule has 0 fully saturated rings. The molecule has 0 saturated heterocycles. The molecule has 0 amide bonds. The van der Waals surface area contributed by atoms with E-state index in [2.05, 4.69) is 15.5 Å². The van der Waals surface area contributed by atoms with Crippen molar-refractivity contribution in [2.24, 2.45) is 0 Å². The molecule has 0 spiro atoms. The SMILES string of the molecule is CCCn1ncc(NCCn2cc(C)cn2)c(Cl)c1=O. The number of hydrogen-bond donors (Lipinski definition) is 1. The minimum atomic E-state index is -0.256. The van der Waals surface area contributed by atoms with Gasteiger partial charge in [0.2, 0.25) is 0 Å². The van der Waals surface area contributed by atoms with E-state index < -0.39 is 0 Å². The van der Waals surface area contributed by atoms with Crippen LogP contribution in [0.2, 0.25) is 5.02 Å². The maximum absolute atomic E-state index is 11.9. The molecule has 2 heterocycles. The molecule has 0 radical (unpaired) electrons. The second-order valence-corrected chi connectivity index (χ2v) is 4.99. The average Bonchev–Trinajstić information content (AvgIpc) is 2.84. The predicted molar refractivity (Wildman–Crippen MR) is 79.3 cm³/mol. The van der Waals surface area contributed by atoms with Crippen molar-refractivity contribution in [3.8, 4) is 0 Å². The molecule has 7 heteroatoms. The molecular weight excluding hydrogens is 278 g/mol. The molecule has 0 aliphatic rings. The zero-order valence-electron chi connectivity index (χ0n) is 11.6. The van der Waals surface area contributed by atoms with Gasteiger partial charge in [0.1, 0.15) is 5.02 Å². The lowest BCUT2D eigenvalue weighted by Crippen LogP contribution is -2.24. The van der Waals surface area contributed by atoms with E-state index in [1.165, 1.54) is 4.68 Å². The smallest absolute Gasteiger partial charge is 0.287 e. The van der Waals surface area contributed by atoms with Crippen molar-refractivity contribution in [3.63, 3.8) is 0 Å². The number of rotatable bonds is 6. The lowest BCUT2D eigenvalue weighted by Gasteiger charge is -2.09. The summed E-state index contributed by atoms with van der Waals surface area (Å²) in [5, 5.41) is 11.6. The Morgan fingerprint density at radius 3 is 2.75 bits per heavy atom. The van der Waals surface area contributed by atoms with E-state index in [1.807, 2.05) is 24.7 Å². The number of aromatic nitrogens is 4. The van der Waals surface area contributed by atoms with Gasteiger partial charge in [0, 0.05) is 19.3 Å². The van der Waals surface area contributed by atoms with Gasteiger partial charge in [-0.05, 0) is 18.9 Å². The molecule has 0 atom stereocenters. The molecule has 0 aromatic carbocycles. The largest absolute Gasteiger partial charge is 0.381 e. The Kier molecular flexibility index (Phi) is 4.79. The number of nitrogens with one attached hydrogen (secondary N) is 1. The van der Waals surface area contributed by atoms with Gasteiger partial charge in [0.05, 0.1) is 24.6 Å². The summed E-state index contributed by atoms with van der Waals surface area (Å²) in [5.74, 6) is 0. The van der Waals surface area contributed by atoms with E-state index in [0.29, 0.717) is 25.3 Å². The summed E-state index contributed by atoms with van der Waals surface area (Å²) in [7, 11) is 0. The third-order valence-corrected chi connectivity index (χ3v) is 3.20. The fraction of sp³-hybridized carbons (Fsp3) is 0.462. The number of hydrogen-bond acceptors (Lipinski definition) is 4. The topological polar surface area (TPSA) is 64.7 Å². The van der Waals surface area contributed by atoms with Crippen LogP contribution in [-0.2, 0) is 13.1 Å². The first-order valence-corrected chi connectivity index (χ1v) is 6.98. The Labute approximate surface area is 122 Å². The van der Waals surface area contributed by atoms with Crippen LogP contribution in [-0.4, -0.2) is 26.1 Å². The summed E-state index contributed by atoms with van der Waals surface area (Å²) in [4.78, 5) is 11.9. The highest BCUT2D eigenvalue weighted by Crippen LogP contribution is 2.14. The van der Waals surface area contributed by atoms with Crippen LogP contribution in [0.3, 0.4) is 0 Å². The summed E-state index contributed by atoms with van der Waals surface area (Å²) in [6, 6.07) is 0. The first kappa shape index (κ1) is 14.6. The van der Waals surface area contributed by atoms with Crippen molar-refractivity contribution in [1.29, 1.82) is 0 Å². The van der Waals surface area contributed by atoms with Gasteiger partial charge in [-0.15, -0.1) is 0 Å². The van der Waals surface area contributed by atoms with Crippen molar-refractivity contribution >= 4 is 17.3 Å². The molecular formula is C13H18ClN5O. The van der Waals surface area contributed by atoms with Crippen LogP contribution in [0.1, 0.15) is 18.9 Å². The van der Waals surface area contributed by atoms with Crippen molar-refractivity contribution in [2.75, 3.05) is 11.9 Å². The van der Waals surface area contributed by atoms with Gasteiger partial charge in [-0.3, -0.25) is 9.48 Å². The zero-order valence-corrected chi connectivity index (χ0v) is 12.4. The van der Waals surface area contributed by atoms with Crippen LogP contribution in [0.5, 0.6) is 0 Å². The summed E-state index contributed by atoms with van der Waals surface area (Å²) in [6.45, 7) is 5.87. The molecule has 6 nitrogen and oxygen atoms in total. The highest BCUT2D eigenvalue weighted by atomic mass is 35.5. The third kappa shape index (κ3) is 3.39. The van der Waals surface area contributed by atoms with E-state index in [4.69, 9.17) is 11.6 Å². The van der Waals surface area contributed by atoms with Crippen molar-refractivity contribution in [3.05, 3.63) is 39.5 Å². The van der Waals surface area contributed by atoms with Crippen LogP contribution in [0.25, 0.3) is 0 Å². The van der Waals surface area contributed by atoms with Crippen LogP contribution in [0, 0.1) is 6.92 Å². The maximum atomic E-state index is 11.9. The van der Waals surface area contributed by atoms with E-state index in [9.17, 15) is 4.79 Å². The molecule has 0 aliphatic heterocycles. The Morgan fingerprint density at radius 1 is 1.30 bits per heavy atom. The quantitative estimate of drug-likeness (QED) is 0.884. The van der Waals surface area contributed by atoms with Gasteiger partial charge >= 0.3 is 0 Å². The fourth-order valence-electron chi connectivity index (χ4n) is 1.85. The second kappa shape index (κ2) is 6.56. The van der Waals surface area contributed by atoms with E-state index in [1.54, 1.807) is 12.4 Å². The fourth-order valence-corrected chi connectivity index (χ4v) is 2.07. The Balaban J connectivity index is 1.99. The molecule has 0 aliphatic carbocycles. The van der Waals surface area contributed by atoms with Gasteiger partial charge < -0.3 is 5.32 Å². The standard InChI is InChI=1S/C13H18ClN5O/c1-3-5-19-13(20)12(14)11(8-17-19)15-4-6-18-9-10(2)7-16-18/h7-9,15H,3-6H2,1-2H3. The Bertz CT molecular complexity index is 634. The third-order valence-electron chi connectivity index (χ3n) is 2.84. The minimum absolute atomic E-state index is 0.185. The Hall–Kier alpha value is -1.82. The lowest BCUT2D eigenvalue weighted by molar-refractivity contribution is 0.568. The molecule has 1 N–H and O–H groups in total. The second-order valence-electron chi connectivity index (χ2n) is 4.61. The summed E-state index contributed by atoms with van der Waals surface area (Å²) >= 11 is 6.06. The van der Waals surface area contributed by atoms with Gasteiger partial charge in [-0.2, -0.15) is 10.2 Å². The number of halogens is 1. The van der Waals surface area contributed by atoms with E-state index >= 15 is 0 Å². The number of aryl methyl sites for hydroxylation is 2. The van der Waals surface area contributed by atoms with Gasteiger partial charge in [0.25, 0.3) is 5.56 Å². The van der Waals surface area contributed by atoms with Crippen LogP contribution >= 0.6 is 11.6 Å². The first-order chi connectivity index (χ1) is 9.61. The molecule has 2 aromatic heterocycles. The van der Waals surface area contributed by atoms with Crippen LogP contribution in [0.4, 0.5) is 5.69 Å². The van der Waals surface area contributed by atoms with Crippen molar-refractivity contribution in [2.45, 2.75) is 33.4 Å². The summed E-state index contributed by atoms with van der Waals surface area (Å²) in [5.41, 5.74) is 1.42. The maximum Gasteiger partial charge on any atom is 0.287 e. The molecule has 108 valence electrons. The van der Waals surface area contributed by atoms with Gasteiger partial charge in [-0.25, -0.2) is 4.68 Å². The van der Waals surface area contributed by atoms with Gasteiger partial charge in [-0.1, -0.05) is 18.5 Å². The van der Waals surface area contributed by atoms with Crippen LogP contribution in [0.15, 0.2) is 23.4 Å². The highest BCUT2D eigenvalue weighted by Gasteiger charge is 2.08. The monoisotopic (exact) mass is 295 g/mol. The van der Waals surface area contributed by atoms with E-state index in [-0.39, 0.29) is 10.6 Å². The van der Waals surface area contributed by atoms with Crippen LogP contribution < -0.4 is 10.9 Å². The molecule has 2 rings (SSSR count). The number of anilines is 1. The van der Waals surface area contributed by atoms with Gasteiger partial charge in [0.15, 0.2) is 0 Å². The summed E-state index contributed by atoms with van der Waals surface area (Å²) < 4.78 is 3.21. The zero-order chi connectivity index (χ0) is 14.5. The minimum Gasteiger partial charge on any atom is -0.381 e. The Morgan fingerprint density at radius 2 is 2.10 bits per heavy atom. The number of nitrogens with zero attached hydrogens (tertiary/aromatic N) is 4.